The number of ketones is 1. The number of allylic oxidation sites excluding steroid dienone is 2. The smallest absolute Gasteiger partial charge is 0.137 e. The van der Waals surface area contributed by atoms with Gasteiger partial charge in [-0.05, 0) is 18.6 Å². The van der Waals surface area contributed by atoms with Crippen LogP contribution in [0.15, 0.2) is 12.2 Å². The largest absolute Gasteiger partial charge is 0.299 e. The Morgan fingerprint density at radius 3 is 2.60 bits per heavy atom. The number of carbonyl (C=O) groups excluding carboxylic acids is 1. The van der Waals surface area contributed by atoms with Crippen molar-refractivity contribution in [2.45, 2.75) is 19.3 Å². The van der Waals surface area contributed by atoms with E-state index in [9.17, 15) is 4.79 Å². The Hall–Kier alpha value is -0.240. The second-order valence-electron chi connectivity index (χ2n) is 2.58. The van der Waals surface area contributed by atoms with E-state index < -0.39 is 0 Å². The van der Waals surface area contributed by atoms with Crippen molar-refractivity contribution in [3.63, 3.8) is 0 Å². The molecule has 0 saturated heterocycles. The van der Waals surface area contributed by atoms with Gasteiger partial charge in [-0.1, -0.05) is 12.2 Å². The third kappa shape index (κ3) is 1.87. The van der Waals surface area contributed by atoms with Crippen LogP contribution in [0.2, 0.25) is 0 Å². The van der Waals surface area contributed by atoms with Crippen LogP contribution in [0.3, 0.4) is 0 Å². The Morgan fingerprint density at radius 1 is 1.50 bits per heavy atom. The molecule has 0 aromatic rings. The number of rotatable bonds is 3. The van der Waals surface area contributed by atoms with Crippen LogP contribution in [0, 0.1) is 5.92 Å². The van der Waals surface area contributed by atoms with Crippen LogP contribution in [0.4, 0.5) is 0 Å². The lowest BCUT2D eigenvalue weighted by Crippen LogP contribution is -2.10. The minimum Gasteiger partial charge on any atom is -0.299 e. The summed E-state index contributed by atoms with van der Waals surface area (Å²) in [5.41, 5.74) is 0. The van der Waals surface area contributed by atoms with E-state index in [4.69, 9.17) is 0 Å². The van der Waals surface area contributed by atoms with E-state index in [2.05, 4.69) is 24.8 Å². The highest BCUT2D eigenvalue weighted by atomic mass is 32.1. The van der Waals surface area contributed by atoms with Gasteiger partial charge in [0.25, 0.3) is 0 Å². The topological polar surface area (TPSA) is 17.1 Å². The number of hydrogen-bond acceptors (Lipinski definition) is 2. The average Bonchev–Trinajstić information content (AvgIpc) is 2.38. The van der Waals surface area contributed by atoms with Gasteiger partial charge in [0.1, 0.15) is 5.78 Å². The molecule has 0 N–H and O–H groups in total. The fourth-order valence-electron chi connectivity index (χ4n) is 1.19. The molecule has 0 aromatic heterocycles. The van der Waals surface area contributed by atoms with E-state index in [0.29, 0.717) is 18.0 Å². The van der Waals surface area contributed by atoms with Gasteiger partial charge in [-0.25, -0.2) is 0 Å². The van der Waals surface area contributed by atoms with Crippen molar-refractivity contribution >= 4 is 18.4 Å². The number of carbonyl (C=O) groups is 1. The van der Waals surface area contributed by atoms with E-state index in [1.807, 2.05) is 0 Å². The molecule has 0 bridgehead atoms. The third-order valence-electron chi connectivity index (χ3n) is 1.82. The number of thiol groups is 1. The van der Waals surface area contributed by atoms with Gasteiger partial charge in [-0.2, -0.15) is 12.6 Å². The summed E-state index contributed by atoms with van der Waals surface area (Å²) in [5.74, 6) is 1.35. The van der Waals surface area contributed by atoms with E-state index in [0.717, 1.165) is 12.8 Å². The molecular weight excluding hydrogens is 144 g/mol. The quantitative estimate of drug-likeness (QED) is 0.487. The molecular formula is C8H12OS. The highest BCUT2D eigenvalue weighted by Gasteiger charge is 2.17. The van der Waals surface area contributed by atoms with Gasteiger partial charge in [0.05, 0.1) is 0 Å². The van der Waals surface area contributed by atoms with E-state index in [1.54, 1.807) is 0 Å². The molecule has 0 radical (unpaired) electrons. The molecule has 0 atom stereocenters. The van der Waals surface area contributed by atoms with Gasteiger partial charge in [0.2, 0.25) is 0 Å². The highest BCUT2D eigenvalue weighted by Crippen LogP contribution is 2.19. The Balaban J connectivity index is 2.28. The van der Waals surface area contributed by atoms with Crippen LogP contribution in [0.1, 0.15) is 19.3 Å². The standard InChI is InChI=1S/C8H12OS/c9-8(5-6-10)7-3-1-2-4-7/h1-2,7,10H,3-6H2. The van der Waals surface area contributed by atoms with Crippen molar-refractivity contribution in [1.82, 2.24) is 0 Å². The molecule has 56 valence electrons. The van der Waals surface area contributed by atoms with E-state index >= 15 is 0 Å². The molecule has 0 saturated carbocycles. The molecule has 0 fully saturated rings. The summed E-state index contributed by atoms with van der Waals surface area (Å²) in [7, 11) is 0. The zero-order valence-corrected chi connectivity index (χ0v) is 6.81. The molecule has 2 heteroatoms. The van der Waals surface area contributed by atoms with E-state index in [-0.39, 0.29) is 5.92 Å². The van der Waals surface area contributed by atoms with Gasteiger partial charge in [0.15, 0.2) is 0 Å². The van der Waals surface area contributed by atoms with Crippen LogP contribution >= 0.6 is 12.6 Å². The molecule has 0 amide bonds. The molecule has 0 aliphatic heterocycles. The molecule has 0 heterocycles. The lowest BCUT2D eigenvalue weighted by molar-refractivity contribution is -0.122. The van der Waals surface area contributed by atoms with Crippen LogP contribution in [-0.4, -0.2) is 11.5 Å². The summed E-state index contributed by atoms with van der Waals surface area (Å²) in [6.45, 7) is 0. The van der Waals surface area contributed by atoms with Gasteiger partial charge in [-0.15, -0.1) is 0 Å². The van der Waals surface area contributed by atoms with Crippen molar-refractivity contribution in [2.24, 2.45) is 5.92 Å². The normalized spacial score (nSPS) is 18.1. The van der Waals surface area contributed by atoms with Crippen LogP contribution in [-0.2, 0) is 4.79 Å². The maximum Gasteiger partial charge on any atom is 0.137 e. The minimum atomic E-state index is 0.284. The van der Waals surface area contributed by atoms with Crippen molar-refractivity contribution in [3.8, 4) is 0 Å². The molecule has 0 spiro atoms. The number of hydrogen-bond donors (Lipinski definition) is 1. The van der Waals surface area contributed by atoms with Crippen LogP contribution in [0.5, 0.6) is 0 Å². The zero-order chi connectivity index (χ0) is 7.40. The fraction of sp³-hybridized carbons (Fsp3) is 0.625. The van der Waals surface area contributed by atoms with Crippen LogP contribution in [0.25, 0.3) is 0 Å². The Kier molecular flexibility index (Phi) is 3.00. The van der Waals surface area contributed by atoms with Gasteiger partial charge in [0, 0.05) is 12.3 Å². The third-order valence-corrected chi connectivity index (χ3v) is 2.05. The maximum absolute atomic E-state index is 11.2. The monoisotopic (exact) mass is 156 g/mol. The predicted octanol–water partition coefficient (Wildman–Crippen LogP) is 1.84. The molecule has 10 heavy (non-hydrogen) atoms. The van der Waals surface area contributed by atoms with Gasteiger partial charge in [-0.3, -0.25) is 4.79 Å². The Labute approximate surface area is 66.9 Å². The zero-order valence-electron chi connectivity index (χ0n) is 5.92. The average molecular weight is 156 g/mol. The van der Waals surface area contributed by atoms with E-state index in [1.165, 1.54) is 0 Å². The molecule has 1 aliphatic rings. The second-order valence-corrected chi connectivity index (χ2v) is 3.03. The summed E-state index contributed by atoms with van der Waals surface area (Å²) < 4.78 is 0. The second kappa shape index (κ2) is 3.81. The molecule has 1 aliphatic carbocycles. The van der Waals surface area contributed by atoms with Crippen molar-refractivity contribution in [3.05, 3.63) is 12.2 Å². The summed E-state index contributed by atoms with van der Waals surface area (Å²) in [6, 6.07) is 0. The summed E-state index contributed by atoms with van der Waals surface area (Å²) in [4.78, 5) is 11.2. The highest BCUT2D eigenvalue weighted by molar-refractivity contribution is 7.80. The SMILES string of the molecule is O=C(CCS)C1CC=CC1. The molecule has 0 aromatic carbocycles. The van der Waals surface area contributed by atoms with Crippen LogP contribution < -0.4 is 0 Å². The first-order valence-electron chi connectivity index (χ1n) is 3.63. The molecule has 0 unspecified atom stereocenters. The Morgan fingerprint density at radius 2 is 2.10 bits per heavy atom. The lowest BCUT2D eigenvalue weighted by atomic mass is 10.0. The summed E-state index contributed by atoms with van der Waals surface area (Å²) in [6.07, 6.45) is 6.71. The first kappa shape index (κ1) is 7.86. The predicted molar refractivity (Wildman–Crippen MR) is 45.3 cm³/mol. The molecule has 1 rings (SSSR count). The Bertz CT molecular complexity index is 143. The van der Waals surface area contributed by atoms with Crippen molar-refractivity contribution in [2.75, 3.05) is 5.75 Å². The maximum atomic E-state index is 11.2. The fourth-order valence-corrected chi connectivity index (χ4v) is 1.41. The van der Waals surface area contributed by atoms with Crippen molar-refractivity contribution in [1.29, 1.82) is 0 Å². The first-order valence-corrected chi connectivity index (χ1v) is 4.26. The van der Waals surface area contributed by atoms with Crippen molar-refractivity contribution < 1.29 is 4.79 Å². The number of Topliss-reactive ketones (excluding diaryl/α,β-unsaturated/α-hetero) is 1. The first-order chi connectivity index (χ1) is 4.84. The molecule has 1 nitrogen and oxygen atoms in total. The minimum absolute atomic E-state index is 0.284. The lowest BCUT2D eigenvalue weighted by Gasteiger charge is -2.04. The van der Waals surface area contributed by atoms with Gasteiger partial charge >= 0.3 is 0 Å². The summed E-state index contributed by atoms with van der Waals surface area (Å²) >= 11 is 4.01. The van der Waals surface area contributed by atoms with Gasteiger partial charge < -0.3 is 0 Å². The summed E-state index contributed by atoms with van der Waals surface area (Å²) in [5, 5.41) is 0.